The number of fused-ring (bicyclic) bond motifs is 1. The number of sulfone groups is 1. The van der Waals surface area contributed by atoms with Gasteiger partial charge in [-0.05, 0) is 30.3 Å². The molecule has 5 rings (SSSR count). The normalized spacial score (nSPS) is 11.8. The average molecular weight is 527 g/mol. The van der Waals surface area contributed by atoms with Crippen LogP contribution in [0.1, 0.15) is 15.9 Å². The van der Waals surface area contributed by atoms with E-state index in [4.69, 9.17) is 0 Å². The van der Waals surface area contributed by atoms with Crippen molar-refractivity contribution in [2.24, 2.45) is 0 Å². The maximum absolute atomic E-state index is 15.0. The van der Waals surface area contributed by atoms with E-state index in [2.05, 4.69) is 4.98 Å². The van der Waals surface area contributed by atoms with Gasteiger partial charge in [0.1, 0.15) is 11.6 Å². The summed E-state index contributed by atoms with van der Waals surface area (Å²) in [6, 6.07) is 14.8. The van der Waals surface area contributed by atoms with Crippen molar-refractivity contribution in [2.75, 3.05) is 6.26 Å². The lowest BCUT2D eigenvalue weighted by Gasteiger charge is -2.10. The summed E-state index contributed by atoms with van der Waals surface area (Å²) in [6.07, 6.45) is 1.06. The fourth-order valence-corrected chi connectivity index (χ4v) is 5.57. The molecule has 0 aliphatic carbocycles. The third-order valence-corrected chi connectivity index (χ3v) is 7.65. The number of rotatable bonds is 5. The van der Waals surface area contributed by atoms with Gasteiger partial charge in [-0.25, -0.2) is 22.2 Å². The SMILES string of the molecule is CS(=O)(=O)c1ccc2nc(-n3c(O)c(O)c(C(=O)c4ccccc4)c3-c3ccc(F)cc3F)sc2c1. The molecular weight excluding hydrogens is 510 g/mol. The molecule has 182 valence electrons. The van der Waals surface area contributed by atoms with Crippen LogP contribution in [0.15, 0.2) is 71.6 Å². The largest absolute Gasteiger partial charge is 0.503 e. The number of hydrogen-bond acceptors (Lipinski definition) is 7. The van der Waals surface area contributed by atoms with Crippen LogP contribution in [-0.4, -0.2) is 40.2 Å². The summed E-state index contributed by atoms with van der Waals surface area (Å²) in [5.41, 5.74) is -0.367. The van der Waals surface area contributed by atoms with Crippen LogP contribution < -0.4 is 0 Å². The minimum absolute atomic E-state index is 0.0225. The smallest absolute Gasteiger partial charge is 0.242 e. The van der Waals surface area contributed by atoms with Crippen molar-refractivity contribution < 1.29 is 32.2 Å². The van der Waals surface area contributed by atoms with Crippen LogP contribution >= 0.6 is 11.3 Å². The molecule has 0 atom stereocenters. The Kier molecular flexibility index (Phi) is 5.61. The Morgan fingerprint density at radius 1 is 1.00 bits per heavy atom. The Morgan fingerprint density at radius 2 is 1.72 bits per heavy atom. The van der Waals surface area contributed by atoms with E-state index in [1.54, 1.807) is 18.2 Å². The molecule has 0 saturated carbocycles. The lowest BCUT2D eigenvalue weighted by atomic mass is 9.99. The van der Waals surface area contributed by atoms with Crippen molar-refractivity contribution in [3.8, 4) is 28.0 Å². The molecule has 2 N–H and O–H groups in total. The van der Waals surface area contributed by atoms with Gasteiger partial charge in [-0.2, -0.15) is 0 Å². The first-order valence-corrected chi connectivity index (χ1v) is 13.1. The summed E-state index contributed by atoms with van der Waals surface area (Å²) in [6.45, 7) is 0. The van der Waals surface area contributed by atoms with E-state index < -0.39 is 44.4 Å². The Bertz CT molecular complexity index is 1780. The topological polar surface area (TPSA) is 109 Å². The molecule has 2 heterocycles. The summed E-state index contributed by atoms with van der Waals surface area (Å²) in [5.74, 6) is -4.18. The minimum atomic E-state index is -3.51. The Balaban J connectivity index is 1.82. The van der Waals surface area contributed by atoms with Gasteiger partial charge in [0.25, 0.3) is 0 Å². The molecule has 36 heavy (non-hydrogen) atoms. The number of aromatic hydroxyl groups is 2. The van der Waals surface area contributed by atoms with Gasteiger partial charge in [-0.1, -0.05) is 41.7 Å². The zero-order chi connectivity index (χ0) is 25.8. The summed E-state index contributed by atoms with van der Waals surface area (Å²) in [7, 11) is -3.51. The quantitative estimate of drug-likeness (QED) is 0.309. The number of benzene rings is 3. The zero-order valence-corrected chi connectivity index (χ0v) is 20.1. The number of carbonyl (C=O) groups is 1. The van der Waals surface area contributed by atoms with Gasteiger partial charge in [0.15, 0.2) is 26.5 Å². The van der Waals surface area contributed by atoms with Crippen LogP contribution in [0.4, 0.5) is 8.78 Å². The van der Waals surface area contributed by atoms with E-state index in [9.17, 15) is 32.2 Å². The van der Waals surface area contributed by atoms with Gasteiger partial charge in [0, 0.05) is 23.4 Å². The van der Waals surface area contributed by atoms with Gasteiger partial charge in [-0.3, -0.25) is 9.36 Å². The fraction of sp³-hybridized carbons (Fsp3) is 0.0400. The van der Waals surface area contributed by atoms with Crippen molar-refractivity contribution >= 4 is 37.2 Å². The van der Waals surface area contributed by atoms with E-state index in [0.29, 0.717) is 16.3 Å². The van der Waals surface area contributed by atoms with Crippen molar-refractivity contribution in [1.29, 1.82) is 0 Å². The fourth-order valence-electron chi connectivity index (χ4n) is 3.84. The second-order valence-electron chi connectivity index (χ2n) is 7.95. The molecule has 0 saturated heterocycles. The van der Waals surface area contributed by atoms with Gasteiger partial charge in [0.05, 0.1) is 26.4 Å². The highest BCUT2D eigenvalue weighted by atomic mass is 32.2. The van der Waals surface area contributed by atoms with Crippen LogP contribution in [-0.2, 0) is 9.84 Å². The van der Waals surface area contributed by atoms with Gasteiger partial charge in [0.2, 0.25) is 5.88 Å². The zero-order valence-electron chi connectivity index (χ0n) is 18.4. The van der Waals surface area contributed by atoms with E-state index in [0.717, 1.165) is 34.3 Å². The van der Waals surface area contributed by atoms with Crippen LogP contribution in [0.25, 0.3) is 26.6 Å². The maximum Gasteiger partial charge on any atom is 0.242 e. The van der Waals surface area contributed by atoms with Gasteiger partial charge >= 0.3 is 0 Å². The molecule has 0 unspecified atom stereocenters. The van der Waals surface area contributed by atoms with Crippen LogP contribution in [0.2, 0.25) is 0 Å². The standard InChI is InChI=1S/C25H16F2N2O5S2/c1-36(33,34)15-8-10-18-19(12-15)35-25(28-18)29-21(16-9-7-14(26)11-17(16)27)20(23(31)24(29)32)22(30)13-5-3-2-4-6-13/h2-12,31-32H,1H3. The molecule has 3 aromatic carbocycles. The Hall–Kier alpha value is -4.09. The molecular formula is C25H16F2N2O5S2. The van der Waals surface area contributed by atoms with Gasteiger partial charge < -0.3 is 10.2 Å². The molecule has 7 nitrogen and oxygen atoms in total. The summed E-state index contributed by atoms with van der Waals surface area (Å²) >= 11 is 0.951. The first-order valence-electron chi connectivity index (χ1n) is 10.4. The number of halogens is 2. The monoisotopic (exact) mass is 526 g/mol. The first kappa shape index (κ1) is 23.6. The van der Waals surface area contributed by atoms with E-state index >= 15 is 0 Å². The molecule has 5 aromatic rings. The second kappa shape index (κ2) is 8.54. The summed E-state index contributed by atoms with van der Waals surface area (Å²) in [5, 5.41) is 21.8. The van der Waals surface area contributed by atoms with Crippen molar-refractivity contribution in [3.05, 3.63) is 89.5 Å². The Morgan fingerprint density at radius 3 is 2.39 bits per heavy atom. The van der Waals surface area contributed by atoms with E-state index in [1.807, 2.05) is 0 Å². The number of ketones is 1. The molecule has 2 aromatic heterocycles. The first-order chi connectivity index (χ1) is 17.1. The van der Waals surface area contributed by atoms with E-state index in [1.165, 1.54) is 30.3 Å². The predicted molar refractivity (Wildman–Crippen MR) is 131 cm³/mol. The molecule has 0 radical (unpaired) electrons. The molecule has 0 aliphatic heterocycles. The Labute approximate surface area is 207 Å². The highest BCUT2D eigenvalue weighted by Gasteiger charge is 2.32. The number of thiazole rings is 1. The summed E-state index contributed by atoms with van der Waals surface area (Å²) < 4.78 is 54.0. The average Bonchev–Trinajstić information content (AvgIpc) is 3.36. The molecule has 0 bridgehead atoms. The van der Waals surface area contributed by atoms with Crippen molar-refractivity contribution in [2.45, 2.75) is 4.90 Å². The molecule has 11 heteroatoms. The van der Waals surface area contributed by atoms with Gasteiger partial charge in [-0.15, -0.1) is 0 Å². The predicted octanol–water partition coefficient (Wildman–Crippen LogP) is 5.08. The number of nitrogens with zero attached hydrogens (tertiary/aromatic N) is 2. The highest BCUT2D eigenvalue weighted by molar-refractivity contribution is 7.90. The number of aromatic nitrogens is 2. The highest BCUT2D eigenvalue weighted by Crippen LogP contribution is 2.46. The van der Waals surface area contributed by atoms with E-state index in [-0.39, 0.29) is 26.8 Å². The van der Waals surface area contributed by atoms with Crippen LogP contribution in [0.3, 0.4) is 0 Å². The minimum Gasteiger partial charge on any atom is -0.503 e. The van der Waals surface area contributed by atoms with Crippen molar-refractivity contribution in [3.63, 3.8) is 0 Å². The molecule has 0 spiro atoms. The van der Waals surface area contributed by atoms with Crippen molar-refractivity contribution in [1.82, 2.24) is 9.55 Å². The molecule has 0 fully saturated rings. The number of carbonyl (C=O) groups excluding carboxylic acids is 1. The third-order valence-electron chi connectivity index (χ3n) is 5.54. The lowest BCUT2D eigenvalue weighted by Crippen LogP contribution is -2.06. The van der Waals surface area contributed by atoms with Crippen LogP contribution in [0, 0.1) is 11.6 Å². The number of hydrogen-bond donors (Lipinski definition) is 2. The molecule has 0 aliphatic rings. The third kappa shape index (κ3) is 3.91. The maximum atomic E-state index is 15.0. The molecule has 0 amide bonds. The second-order valence-corrected chi connectivity index (χ2v) is 11.0. The lowest BCUT2D eigenvalue weighted by molar-refractivity contribution is 0.103. The summed E-state index contributed by atoms with van der Waals surface area (Å²) in [4.78, 5) is 17.8. The van der Waals surface area contributed by atoms with Crippen LogP contribution in [0.5, 0.6) is 11.6 Å².